The molecule has 2 saturated heterocycles. The van der Waals surface area contributed by atoms with Crippen LogP contribution in [0.15, 0.2) is 48.5 Å². The number of rotatable bonds is 4. The quantitative estimate of drug-likeness (QED) is 0.709. The third-order valence-corrected chi connectivity index (χ3v) is 6.10. The second kappa shape index (κ2) is 8.94. The number of carbonyl (C=O) groups is 2. The van der Waals surface area contributed by atoms with Crippen LogP contribution in [0.25, 0.3) is 0 Å². The van der Waals surface area contributed by atoms with E-state index in [1.165, 1.54) is 16.5 Å². The molecule has 2 aliphatic rings. The lowest BCUT2D eigenvalue weighted by Crippen LogP contribution is -2.53. The molecule has 170 valence electrons. The molecule has 1 atom stereocenters. The van der Waals surface area contributed by atoms with Gasteiger partial charge in [0.25, 0.3) is 5.91 Å². The van der Waals surface area contributed by atoms with Gasteiger partial charge < -0.3 is 9.80 Å². The molecule has 0 spiro atoms. The van der Waals surface area contributed by atoms with Crippen molar-refractivity contribution in [3.63, 3.8) is 0 Å². The van der Waals surface area contributed by atoms with Crippen LogP contribution in [-0.2, 0) is 17.5 Å². The minimum absolute atomic E-state index is 0.0297. The Bertz CT molecular complexity index is 994. The number of carbonyl (C=O) groups excluding carboxylic acids is 2. The number of piperazine rings is 1. The fourth-order valence-electron chi connectivity index (χ4n) is 4.46. The van der Waals surface area contributed by atoms with Crippen molar-refractivity contribution >= 4 is 17.5 Å². The highest BCUT2D eigenvalue weighted by molar-refractivity contribution is 5.99. The molecule has 0 saturated carbocycles. The summed E-state index contributed by atoms with van der Waals surface area (Å²) in [7, 11) is 0. The van der Waals surface area contributed by atoms with Crippen LogP contribution in [-0.4, -0.2) is 53.8 Å². The van der Waals surface area contributed by atoms with E-state index in [4.69, 9.17) is 0 Å². The van der Waals surface area contributed by atoms with Crippen LogP contribution < -0.4 is 4.90 Å². The Morgan fingerprint density at radius 3 is 2.44 bits per heavy atom. The van der Waals surface area contributed by atoms with E-state index in [-0.39, 0.29) is 23.2 Å². The SMILES string of the molecule is CC1CN(Cc2ccccc2)CCN1C(=O)c1cc(N2CCCC2=O)cc(C(F)(F)F)c1. The van der Waals surface area contributed by atoms with Crippen molar-refractivity contribution in [3.05, 3.63) is 65.2 Å². The van der Waals surface area contributed by atoms with Crippen LogP contribution in [0.4, 0.5) is 18.9 Å². The van der Waals surface area contributed by atoms with Crippen molar-refractivity contribution in [1.29, 1.82) is 0 Å². The summed E-state index contributed by atoms with van der Waals surface area (Å²) in [6.07, 6.45) is -3.70. The van der Waals surface area contributed by atoms with Gasteiger partial charge in [-0.15, -0.1) is 0 Å². The summed E-state index contributed by atoms with van der Waals surface area (Å²) in [4.78, 5) is 30.6. The topological polar surface area (TPSA) is 43.9 Å². The number of nitrogens with zero attached hydrogens (tertiary/aromatic N) is 3. The first-order valence-corrected chi connectivity index (χ1v) is 10.8. The fraction of sp³-hybridized carbons (Fsp3) is 0.417. The smallest absolute Gasteiger partial charge is 0.333 e. The molecule has 5 nitrogen and oxygen atoms in total. The summed E-state index contributed by atoms with van der Waals surface area (Å²) in [5.41, 5.74) is 0.379. The van der Waals surface area contributed by atoms with Crippen molar-refractivity contribution in [2.24, 2.45) is 0 Å². The van der Waals surface area contributed by atoms with Gasteiger partial charge in [-0.3, -0.25) is 14.5 Å². The van der Waals surface area contributed by atoms with Gasteiger partial charge >= 0.3 is 6.18 Å². The van der Waals surface area contributed by atoms with Gasteiger partial charge in [0.05, 0.1) is 5.56 Å². The average molecular weight is 445 g/mol. The van der Waals surface area contributed by atoms with E-state index in [1.54, 1.807) is 4.90 Å². The number of benzene rings is 2. The molecule has 0 aromatic heterocycles. The fourth-order valence-corrected chi connectivity index (χ4v) is 4.46. The van der Waals surface area contributed by atoms with E-state index in [0.717, 1.165) is 18.7 Å². The minimum atomic E-state index is -4.60. The normalized spacial score (nSPS) is 20.1. The molecule has 2 heterocycles. The first-order chi connectivity index (χ1) is 15.2. The van der Waals surface area contributed by atoms with E-state index in [0.29, 0.717) is 39.0 Å². The Hall–Kier alpha value is -2.87. The summed E-state index contributed by atoms with van der Waals surface area (Å²) in [6.45, 7) is 4.74. The van der Waals surface area contributed by atoms with Crippen molar-refractivity contribution in [2.75, 3.05) is 31.1 Å². The Labute approximate surface area is 185 Å². The zero-order valence-electron chi connectivity index (χ0n) is 17.9. The number of amides is 2. The van der Waals surface area contributed by atoms with Crippen LogP contribution in [0.1, 0.15) is 41.3 Å². The predicted molar refractivity (Wildman–Crippen MR) is 115 cm³/mol. The van der Waals surface area contributed by atoms with Gasteiger partial charge in [-0.25, -0.2) is 0 Å². The number of hydrogen-bond acceptors (Lipinski definition) is 3. The monoisotopic (exact) mass is 445 g/mol. The maximum absolute atomic E-state index is 13.5. The van der Waals surface area contributed by atoms with Gasteiger partial charge in [0, 0.05) is 56.4 Å². The molecule has 2 aromatic rings. The molecule has 1 unspecified atom stereocenters. The maximum atomic E-state index is 13.5. The molecule has 2 fully saturated rings. The molecule has 0 radical (unpaired) electrons. The second-order valence-corrected chi connectivity index (χ2v) is 8.48. The van der Waals surface area contributed by atoms with Gasteiger partial charge in [0.2, 0.25) is 5.91 Å². The van der Waals surface area contributed by atoms with Crippen molar-refractivity contribution < 1.29 is 22.8 Å². The first-order valence-electron chi connectivity index (χ1n) is 10.8. The molecule has 0 N–H and O–H groups in total. The molecular formula is C24H26F3N3O2. The molecule has 2 aliphatic heterocycles. The lowest BCUT2D eigenvalue weighted by molar-refractivity contribution is -0.137. The van der Waals surface area contributed by atoms with E-state index in [9.17, 15) is 22.8 Å². The standard InChI is InChI=1S/C24H26F3N3O2/c1-17-15-28(16-18-6-3-2-4-7-18)10-11-29(17)23(32)19-12-20(24(25,26)27)14-21(13-19)30-9-5-8-22(30)31/h2-4,6-7,12-14,17H,5,8-11,15-16H2,1H3. The summed E-state index contributed by atoms with van der Waals surface area (Å²) in [6, 6.07) is 13.1. The van der Waals surface area contributed by atoms with Gasteiger partial charge in [-0.2, -0.15) is 13.2 Å². The largest absolute Gasteiger partial charge is 0.416 e. The van der Waals surface area contributed by atoms with Crippen molar-refractivity contribution in [2.45, 2.75) is 38.5 Å². The molecular weight excluding hydrogens is 419 g/mol. The molecule has 32 heavy (non-hydrogen) atoms. The van der Waals surface area contributed by atoms with Crippen molar-refractivity contribution in [3.8, 4) is 0 Å². The van der Waals surface area contributed by atoms with Crippen molar-refractivity contribution in [1.82, 2.24) is 9.80 Å². The van der Waals surface area contributed by atoms with Crippen LogP contribution >= 0.6 is 0 Å². The summed E-state index contributed by atoms with van der Waals surface area (Å²) >= 11 is 0. The molecule has 8 heteroatoms. The Morgan fingerprint density at radius 2 is 1.81 bits per heavy atom. The minimum Gasteiger partial charge on any atom is -0.333 e. The predicted octanol–water partition coefficient (Wildman–Crippen LogP) is 4.18. The van der Waals surface area contributed by atoms with Crippen LogP contribution in [0, 0.1) is 0 Å². The third kappa shape index (κ3) is 4.80. The third-order valence-electron chi connectivity index (χ3n) is 6.10. The van der Waals surface area contributed by atoms with Crippen LogP contribution in [0.5, 0.6) is 0 Å². The number of anilines is 1. The highest BCUT2D eigenvalue weighted by Gasteiger charge is 2.35. The lowest BCUT2D eigenvalue weighted by atomic mass is 10.0. The summed E-state index contributed by atoms with van der Waals surface area (Å²) in [5.74, 6) is -0.651. The van der Waals surface area contributed by atoms with E-state index in [2.05, 4.69) is 4.90 Å². The van der Waals surface area contributed by atoms with Crippen LogP contribution in [0.2, 0.25) is 0 Å². The molecule has 2 aromatic carbocycles. The summed E-state index contributed by atoms with van der Waals surface area (Å²) in [5, 5.41) is 0. The molecule has 0 aliphatic carbocycles. The number of alkyl halides is 3. The average Bonchev–Trinajstić information content (AvgIpc) is 3.19. The van der Waals surface area contributed by atoms with E-state index >= 15 is 0 Å². The zero-order chi connectivity index (χ0) is 22.9. The highest BCUT2D eigenvalue weighted by Crippen LogP contribution is 2.34. The van der Waals surface area contributed by atoms with Crippen LogP contribution in [0.3, 0.4) is 0 Å². The van der Waals surface area contributed by atoms with Gasteiger partial charge in [-0.1, -0.05) is 30.3 Å². The molecule has 0 bridgehead atoms. The van der Waals surface area contributed by atoms with E-state index < -0.39 is 17.6 Å². The number of hydrogen-bond donors (Lipinski definition) is 0. The Morgan fingerprint density at radius 1 is 1.06 bits per heavy atom. The van der Waals surface area contributed by atoms with E-state index in [1.807, 2.05) is 37.3 Å². The lowest BCUT2D eigenvalue weighted by Gasteiger charge is -2.40. The Balaban J connectivity index is 1.54. The summed E-state index contributed by atoms with van der Waals surface area (Å²) < 4.78 is 40.6. The second-order valence-electron chi connectivity index (χ2n) is 8.48. The van der Waals surface area contributed by atoms with Gasteiger partial charge in [0.1, 0.15) is 0 Å². The highest BCUT2D eigenvalue weighted by atomic mass is 19.4. The first kappa shape index (κ1) is 22.3. The molecule has 2 amide bonds. The van der Waals surface area contributed by atoms with Gasteiger partial charge in [0.15, 0.2) is 0 Å². The number of halogens is 3. The maximum Gasteiger partial charge on any atom is 0.416 e. The zero-order valence-corrected chi connectivity index (χ0v) is 17.9. The molecule has 4 rings (SSSR count). The Kier molecular flexibility index (Phi) is 6.24. The van der Waals surface area contributed by atoms with Gasteiger partial charge in [-0.05, 0) is 37.1 Å².